The van der Waals surface area contributed by atoms with Crippen molar-refractivity contribution in [2.24, 2.45) is 11.7 Å². The zero-order valence-corrected chi connectivity index (χ0v) is 11.7. The zero-order valence-electron chi connectivity index (χ0n) is 11.7. The number of nitrogens with two attached hydrogens (primary N) is 1. The molecule has 4 heteroatoms. The van der Waals surface area contributed by atoms with Crippen molar-refractivity contribution in [2.45, 2.75) is 20.3 Å². The van der Waals surface area contributed by atoms with Crippen LogP contribution in [0.15, 0.2) is 12.1 Å². The molecule has 1 aromatic carbocycles. The number of hydrogen-bond acceptors (Lipinski definition) is 4. The zero-order chi connectivity index (χ0) is 13.5. The maximum atomic E-state index is 5.55. The van der Waals surface area contributed by atoms with Gasteiger partial charge in [-0.1, -0.05) is 6.92 Å². The van der Waals surface area contributed by atoms with Crippen LogP contribution in [0, 0.1) is 12.8 Å². The molecular formula is C14H24N2O2. The molecule has 18 heavy (non-hydrogen) atoms. The lowest BCUT2D eigenvalue weighted by Crippen LogP contribution is -2.15. The Morgan fingerprint density at radius 1 is 1.22 bits per heavy atom. The summed E-state index contributed by atoms with van der Waals surface area (Å²) in [6.45, 7) is 5.77. The van der Waals surface area contributed by atoms with E-state index < -0.39 is 0 Å². The summed E-state index contributed by atoms with van der Waals surface area (Å²) in [5, 5.41) is 3.39. The second-order valence-corrected chi connectivity index (χ2v) is 4.59. The van der Waals surface area contributed by atoms with Crippen LogP contribution in [-0.2, 0) is 0 Å². The summed E-state index contributed by atoms with van der Waals surface area (Å²) in [6, 6.07) is 3.96. The first-order valence-electron chi connectivity index (χ1n) is 6.29. The fourth-order valence-corrected chi connectivity index (χ4v) is 1.86. The van der Waals surface area contributed by atoms with Crippen molar-refractivity contribution in [2.75, 3.05) is 32.6 Å². The van der Waals surface area contributed by atoms with Gasteiger partial charge in [0, 0.05) is 12.6 Å². The maximum absolute atomic E-state index is 5.55. The number of methoxy groups -OCH3 is 2. The molecule has 0 bridgehead atoms. The van der Waals surface area contributed by atoms with Gasteiger partial charge >= 0.3 is 0 Å². The van der Waals surface area contributed by atoms with Crippen LogP contribution in [0.2, 0.25) is 0 Å². The molecule has 0 amide bonds. The van der Waals surface area contributed by atoms with E-state index in [1.807, 2.05) is 19.1 Å². The van der Waals surface area contributed by atoms with Gasteiger partial charge in [0.05, 0.1) is 19.9 Å². The molecule has 1 unspecified atom stereocenters. The normalized spacial score (nSPS) is 12.1. The van der Waals surface area contributed by atoms with Crippen molar-refractivity contribution in [1.82, 2.24) is 0 Å². The van der Waals surface area contributed by atoms with E-state index in [0.29, 0.717) is 5.92 Å². The molecule has 0 aliphatic heterocycles. The molecule has 1 atom stereocenters. The SMILES string of the molecule is COc1cc(NCC(C)CCN)c(OC)cc1C. The van der Waals surface area contributed by atoms with Crippen LogP contribution in [0.1, 0.15) is 18.9 Å². The molecule has 4 nitrogen and oxygen atoms in total. The molecule has 0 fully saturated rings. The highest BCUT2D eigenvalue weighted by molar-refractivity contribution is 5.62. The molecule has 0 aromatic heterocycles. The summed E-state index contributed by atoms with van der Waals surface area (Å²) in [6.07, 6.45) is 1.01. The number of hydrogen-bond donors (Lipinski definition) is 2. The Kier molecular flexibility index (Phi) is 5.78. The first kappa shape index (κ1) is 14.6. The number of aryl methyl sites for hydroxylation is 1. The van der Waals surface area contributed by atoms with Crippen LogP contribution in [0.25, 0.3) is 0 Å². The number of nitrogens with one attached hydrogen (secondary N) is 1. The predicted molar refractivity (Wildman–Crippen MR) is 75.6 cm³/mol. The van der Waals surface area contributed by atoms with Gasteiger partial charge in [-0.25, -0.2) is 0 Å². The molecular weight excluding hydrogens is 228 g/mol. The Hall–Kier alpha value is -1.42. The first-order valence-corrected chi connectivity index (χ1v) is 6.29. The molecule has 0 aliphatic rings. The molecule has 0 spiro atoms. The minimum Gasteiger partial charge on any atom is -0.496 e. The molecule has 0 aliphatic carbocycles. The topological polar surface area (TPSA) is 56.5 Å². The van der Waals surface area contributed by atoms with E-state index in [-0.39, 0.29) is 0 Å². The highest BCUT2D eigenvalue weighted by atomic mass is 16.5. The van der Waals surface area contributed by atoms with Crippen LogP contribution in [-0.4, -0.2) is 27.3 Å². The van der Waals surface area contributed by atoms with Crippen molar-refractivity contribution >= 4 is 5.69 Å². The van der Waals surface area contributed by atoms with Crippen LogP contribution in [0.3, 0.4) is 0 Å². The summed E-state index contributed by atoms with van der Waals surface area (Å²) >= 11 is 0. The molecule has 1 aromatic rings. The van der Waals surface area contributed by atoms with Gasteiger partial charge in [0.2, 0.25) is 0 Å². The van der Waals surface area contributed by atoms with Crippen LogP contribution in [0.5, 0.6) is 11.5 Å². The third-order valence-electron chi connectivity index (χ3n) is 3.02. The lowest BCUT2D eigenvalue weighted by atomic mass is 10.1. The summed E-state index contributed by atoms with van der Waals surface area (Å²) < 4.78 is 10.7. The van der Waals surface area contributed by atoms with Crippen molar-refractivity contribution in [1.29, 1.82) is 0 Å². The Morgan fingerprint density at radius 3 is 2.44 bits per heavy atom. The first-order chi connectivity index (χ1) is 8.62. The Morgan fingerprint density at radius 2 is 1.89 bits per heavy atom. The van der Waals surface area contributed by atoms with Crippen molar-refractivity contribution in [3.05, 3.63) is 17.7 Å². The fourth-order valence-electron chi connectivity index (χ4n) is 1.86. The van der Waals surface area contributed by atoms with Crippen molar-refractivity contribution in [3.8, 4) is 11.5 Å². The third kappa shape index (κ3) is 3.81. The lowest BCUT2D eigenvalue weighted by Gasteiger charge is -2.17. The van der Waals surface area contributed by atoms with E-state index in [9.17, 15) is 0 Å². The summed E-state index contributed by atoms with van der Waals surface area (Å²) in [5.74, 6) is 2.24. The minimum absolute atomic E-state index is 0.534. The third-order valence-corrected chi connectivity index (χ3v) is 3.02. The largest absolute Gasteiger partial charge is 0.496 e. The van der Waals surface area contributed by atoms with E-state index in [1.165, 1.54) is 0 Å². The number of benzene rings is 1. The van der Waals surface area contributed by atoms with E-state index in [2.05, 4.69) is 12.2 Å². The second-order valence-electron chi connectivity index (χ2n) is 4.59. The van der Waals surface area contributed by atoms with Gasteiger partial charge in [0.15, 0.2) is 0 Å². The van der Waals surface area contributed by atoms with E-state index in [1.54, 1.807) is 14.2 Å². The molecule has 0 saturated heterocycles. The molecule has 102 valence electrons. The molecule has 0 saturated carbocycles. The average Bonchev–Trinajstić information content (AvgIpc) is 2.37. The Bertz CT molecular complexity index is 380. The quantitative estimate of drug-likeness (QED) is 0.782. The second kappa shape index (κ2) is 7.11. The van der Waals surface area contributed by atoms with Gasteiger partial charge in [-0.05, 0) is 37.4 Å². The van der Waals surface area contributed by atoms with Crippen LogP contribution < -0.4 is 20.5 Å². The van der Waals surface area contributed by atoms with Crippen LogP contribution >= 0.6 is 0 Å². The van der Waals surface area contributed by atoms with Gasteiger partial charge in [0.25, 0.3) is 0 Å². The van der Waals surface area contributed by atoms with Gasteiger partial charge in [-0.15, -0.1) is 0 Å². The fraction of sp³-hybridized carbons (Fsp3) is 0.571. The minimum atomic E-state index is 0.534. The number of ether oxygens (including phenoxy) is 2. The summed E-state index contributed by atoms with van der Waals surface area (Å²) in [4.78, 5) is 0. The molecule has 0 radical (unpaired) electrons. The number of rotatable bonds is 7. The standard InChI is InChI=1S/C14H24N2O2/c1-10(5-6-15)9-16-12-8-13(17-3)11(2)7-14(12)18-4/h7-8,10,16H,5-6,9,15H2,1-4H3. The van der Waals surface area contributed by atoms with Crippen molar-refractivity contribution < 1.29 is 9.47 Å². The Balaban J connectivity index is 2.79. The lowest BCUT2D eigenvalue weighted by molar-refractivity contribution is 0.401. The predicted octanol–water partition coefficient (Wildman–Crippen LogP) is 2.41. The van der Waals surface area contributed by atoms with Gasteiger partial charge in [0.1, 0.15) is 11.5 Å². The van der Waals surface area contributed by atoms with E-state index in [0.717, 1.165) is 42.3 Å². The molecule has 0 heterocycles. The monoisotopic (exact) mass is 252 g/mol. The molecule has 3 N–H and O–H groups in total. The van der Waals surface area contributed by atoms with E-state index in [4.69, 9.17) is 15.2 Å². The van der Waals surface area contributed by atoms with Gasteiger partial charge < -0.3 is 20.5 Å². The molecule has 1 rings (SSSR count). The summed E-state index contributed by atoms with van der Waals surface area (Å²) in [7, 11) is 3.35. The smallest absolute Gasteiger partial charge is 0.142 e. The Labute approximate surface area is 109 Å². The van der Waals surface area contributed by atoms with Crippen molar-refractivity contribution in [3.63, 3.8) is 0 Å². The van der Waals surface area contributed by atoms with Gasteiger partial charge in [-0.3, -0.25) is 0 Å². The highest BCUT2D eigenvalue weighted by Crippen LogP contribution is 2.32. The van der Waals surface area contributed by atoms with E-state index >= 15 is 0 Å². The van der Waals surface area contributed by atoms with Gasteiger partial charge in [-0.2, -0.15) is 0 Å². The highest BCUT2D eigenvalue weighted by Gasteiger charge is 2.09. The van der Waals surface area contributed by atoms with Crippen LogP contribution in [0.4, 0.5) is 5.69 Å². The number of anilines is 1. The maximum Gasteiger partial charge on any atom is 0.142 e. The summed E-state index contributed by atoms with van der Waals surface area (Å²) in [5.41, 5.74) is 7.57. The average molecular weight is 252 g/mol.